The molecule has 0 spiro atoms. The Labute approximate surface area is 165 Å². The van der Waals surface area contributed by atoms with E-state index in [2.05, 4.69) is 5.32 Å². The van der Waals surface area contributed by atoms with Crippen LogP contribution in [0.1, 0.15) is 11.5 Å². The number of aliphatic carboxylic acids is 1. The summed E-state index contributed by atoms with van der Waals surface area (Å²) in [6.07, 6.45) is 0. The van der Waals surface area contributed by atoms with Gasteiger partial charge in [0.2, 0.25) is 0 Å². The number of carbonyl (C=O) groups is 2. The van der Waals surface area contributed by atoms with Crippen molar-refractivity contribution in [2.75, 3.05) is 31.8 Å². The number of carbonyl (C=O) groups excluding carboxylic acids is 1. The van der Waals surface area contributed by atoms with Crippen molar-refractivity contribution in [1.82, 2.24) is 5.32 Å². The van der Waals surface area contributed by atoms with Crippen LogP contribution in [-0.4, -0.2) is 48.9 Å². The summed E-state index contributed by atoms with van der Waals surface area (Å²) in [4.78, 5) is 24.5. The van der Waals surface area contributed by atoms with Gasteiger partial charge in [-0.25, -0.2) is 14.0 Å². The molecule has 1 aromatic carbocycles. The molecule has 1 aromatic rings. The van der Waals surface area contributed by atoms with E-state index in [9.17, 15) is 19.1 Å². The van der Waals surface area contributed by atoms with Crippen LogP contribution in [0, 0.1) is 0 Å². The number of alkyl halides is 1. The monoisotopic (exact) mass is 414 g/mol. The molecule has 146 valence electrons. The van der Waals surface area contributed by atoms with Crippen LogP contribution >= 0.6 is 23.4 Å². The van der Waals surface area contributed by atoms with Crippen LogP contribution in [0.25, 0.3) is 0 Å². The first-order valence-electron chi connectivity index (χ1n) is 8.09. The molecule has 9 heteroatoms. The Balaban J connectivity index is 2.69. The first-order chi connectivity index (χ1) is 13.0. The van der Waals surface area contributed by atoms with Gasteiger partial charge in [-0.15, -0.1) is 0 Å². The zero-order valence-electron chi connectivity index (χ0n) is 14.6. The summed E-state index contributed by atoms with van der Waals surface area (Å²) < 4.78 is 18.5. The van der Waals surface area contributed by atoms with Gasteiger partial charge in [-0.05, 0) is 11.6 Å². The number of allylic oxidation sites excluding steroid dienone is 1. The van der Waals surface area contributed by atoms with E-state index >= 15 is 0 Å². The number of carboxylic acids is 1. The van der Waals surface area contributed by atoms with Crippen molar-refractivity contribution in [3.05, 3.63) is 57.4 Å². The maximum absolute atomic E-state index is 13.7. The number of nitrogens with one attached hydrogen (secondary N) is 1. The van der Waals surface area contributed by atoms with Crippen LogP contribution in [0.4, 0.5) is 4.39 Å². The van der Waals surface area contributed by atoms with Gasteiger partial charge in [0.05, 0.1) is 29.9 Å². The largest absolute Gasteiger partial charge is 0.478 e. The zero-order chi connectivity index (χ0) is 20.0. The van der Waals surface area contributed by atoms with E-state index in [1.54, 1.807) is 24.3 Å². The molecule has 0 bridgehead atoms. The van der Waals surface area contributed by atoms with E-state index in [-0.39, 0.29) is 27.6 Å². The molecule has 0 saturated carbocycles. The summed E-state index contributed by atoms with van der Waals surface area (Å²) >= 11 is 7.69. The van der Waals surface area contributed by atoms with Crippen molar-refractivity contribution in [2.24, 2.45) is 5.73 Å². The Hall–Kier alpha value is -2.03. The molecule has 27 heavy (non-hydrogen) atoms. The second-order valence-corrected chi connectivity index (χ2v) is 7.15. The standard InChI is InChI=1S/C18H20ClFN2O4S/c1-26-18(25)16-12(8-20)22-13(9-27-7-6-21)15(17(23)24)14(16)10-4-2-3-5-11(10)19/h2-5,14,22H,6-9,21H2,1H3,(H,23,24). The van der Waals surface area contributed by atoms with Crippen LogP contribution in [0.5, 0.6) is 0 Å². The van der Waals surface area contributed by atoms with E-state index in [1.165, 1.54) is 11.8 Å². The molecule has 0 aliphatic carbocycles. The van der Waals surface area contributed by atoms with Gasteiger partial charge in [-0.1, -0.05) is 29.8 Å². The number of rotatable bonds is 8. The maximum atomic E-state index is 13.7. The normalized spacial score (nSPS) is 17.0. The van der Waals surface area contributed by atoms with Gasteiger partial charge in [0.1, 0.15) is 6.67 Å². The lowest BCUT2D eigenvalue weighted by Crippen LogP contribution is -2.35. The minimum absolute atomic E-state index is 0.0277. The molecule has 1 aliphatic rings. The number of carboxylic acid groups (broad SMARTS) is 1. The highest BCUT2D eigenvalue weighted by Gasteiger charge is 2.39. The fourth-order valence-electron chi connectivity index (χ4n) is 2.91. The first kappa shape index (κ1) is 21.3. The van der Waals surface area contributed by atoms with Crippen molar-refractivity contribution in [3.63, 3.8) is 0 Å². The highest BCUT2D eigenvalue weighted by atomic mass is 35.5. The molecule has 1 heterocycles. The number of thioether (sulfide) groups is 1. The third-order valence-corrected chi connectivity index (χ3v) is 5.38. The van der Waals surface area contributed by atoms with Crippen molar-refractivity contribution in [2.45, 2.75) is 5.92 Å². The number of ether oxygens (including phenoxy) is 1. The van der Waals surface area contributed by atoms with E-state index < -0.39 is 24.5 Å². The fraction of sp³-hybridized carbons (Fsp3) is 0.333. The molecule has 0 aromatic heterocycles. The number of halogens is 2. The van der Waals surface area contributed by atoms with Crippen LogP contribution in [-0.2, 0) is 14.3 Å². The average Bonchev–Trinajstić information content (AvgIpc) is 2.66. The Kier molecular flexibility index (Phi) is 7.70. The maximum Gasteiger partial charge on any atom is 0.336 e. The highest BCUT2D eigenvalue weighted by Crippen LogP contribution is 2.42. The number of hydrogen-bond acceptors (Lipinski definition) is 6. The third kappa shape index (κ3) is 4.63. The number of esters is 1. The van der Waals surface area contributed by atoms with Crippen LogP contribution in [0.15, 0.2) is 46.8 Å². The molecule has 1 aliphatic heterocycles. The Morgan fingerprint density at radius 2 is 2.04 bits per heavy atom. The van der Waals surface area contributed by atoms with Gasteiger partial charge < -0.3 is 20.9 Å². The van der Waals surface area contributed by atoms with Gasteiger partial charge in [0.25, 0.3) is 0 Å². The van der Waals surface area contributed by atoms with Crippen molar-refractivity contribution in [3.8, 4) is 0 Å². The smallest absolute Gasteiger partial charge is 0.336 e. The second kappa shape index (κ2) is 9.77. The van der Waals surface area contributed by atoms with Crippen molar-refractivity contribution < 1.29 is 23.8 Å². The molecule has 0 saturated heterocycles. The SMILES string of the molecule is COC(=O)C1=C(CF)NC(CSCCN)=C(C(=O)O)C1c1ccccc1Cl. The topological polar surface area (TPSA) is 102 Å². The minimum atomic E-state index is -1.23. The Morgan fingerprint density at radius 3 is 2.59 bits per heavy atom. The third-order valence-electron chi connectivity index (χ3n) is 4.02. The molecular weight excluding hydrogens is 395 g/mol. The summed E-state index contributed by atoms with van der Waals surface area (Å²) in [5.74, 6) is -2.21. The summed E-state index contributed by atoms with van der Waals surface area (Å²) in [7, 11) is 1.16. The van der Waals surface area contributed by atoms with Crippen LogP contribution < -0.4 is 11.1 Å². The molecular formula is C18H20ClFN2O4S. The Morgan fingerprint density at radius 1 is 1.33 bits per heavy atom. The number of hydrogen-bond donors (Lipinski definition) is 3. The van der Waals surface area contributed by atoms with Gasteiger partial charge in [-0.3, -0.25) is 0 Å². The average molecular weight is 415 g/mol. The lowest BCUT2D eigenvalue weighted by atomic mass is 9.80. The van der Waals surface area contributed by atoms with Crippen LogP contribution in [0.3, 0.4) is 0 Å². The number of dihydropyridines is 1. The van der Waals surface area contributed by atoms with Crippen molar-refractivity contribution in [1.29, 1.82) is 0 Å². The number of methoxy groups -OCH3 is 1. The lowest BCUT2D eigenvalue weighted by molar-refractivity contribution is -0.136. The molecule has 0 radical (unpaired) electrons. The van der Waals surface area contributed by atoms with Gasteiger partial charge in [0, 0.05) is 28.8 Å². The van der Waals surface area contributed by atoms with E-state index in [0.29, 0.717) is 23.6 Å². The van der Waals surface area contributed by atoms with Gasteiger partial charge >= 0.3 is 11.9 Å². The van der Waals surface area contributed by atoms with Crippen molar-refractivity contribution >= 4 is 35.3 Å². The first-order valence-corrected chi connectivity index (χ1v) is 9.62. The molecule has 0 amide bonds. The van der Waals surface area contributed by atoms with Gasteiger partial charge in [-0.2, -0.15) is 11.8 Å². The fourth-order valence-corrected chi connectivity index (χ4v) is 3.90. The quantitative estimate of drug-likeness (QED) is 0.443. The Bertz CT molecular complexity index is 797. The molecule has 1 unspecified atom stereocenters. The molecule has 4 N–H and O–H groups in total. The molecule has 0 fully saturated rings. The number of benzene rings is 1. The lowest BCUT2D eigenvalue weighted by Gasteiger charge is -2.31. The second-order valence-electron chi connectivity index (χ2n) is 5.64. The summed E-state index contributed by atoms with van der Waals surface area (Å²) in [6.45, 7) is -0.559. The minimum Gasteiger partial charge on any atom is -0.478 e. The van der Waals surface area contributed by atoms with E-state index in [4.69, 9.17) is 22.1 Å². The zero-order valence-corrected chi connectivity index (χ0v) is 16.2. The summed E-state index contributed by atoms with van der Waals surface area (Å²) in [5, 5.41) is 12.9. The molecule has 6 nitrogen and oxygen atoms in total. The van der Waals surface area contributed by atoms with Crippen LogP contribution in [0.2, 0.25) is 5.02 Å². The number of nitrogens with two attached hydrogens (primary N) is 1. The highest BCUT2D eigenvalue weighted by molar-refractivity contribution is 7.99. The summed E-state index contributed by atoms with van der Waals surface area (Å²) in [5.41, 5.74) is 6.00. The predicted octanol–water partition coefficient (Wildman–Crippen LogP) is 2.45. The summed E-state index contributed by atoms with van der Waals surface area (Å²) in [6, 6.07) is 6.57. The molecule has 1 atom stereocenters. The predicted molar refractivity (Wildman–Crippen MR) is 103 cm³/mol. The van der Waals surface area contributed by atoms with E-state index in [1.807, 2.05) is 0 Å². The molecule has 2 rings (SSSR count). The van der Waals surface area contributed by atoms with Gasteiger partial charge in [0.15, 0.2) is 0 Å². The van der Waals surface area contributed by atoms with E-state index in [0.717, 1.165) is 7.11 Å².